The monoisotopic (exact) mass is 882 g/mol. The molecule has 0 fully saturated rings. The van der Waals surface area contributed by atoms with Crippen LogP contribution in [0, 0.1) is 23.3 Å². The third-order valence-electron chi connectivity index (χ3n) is 7.28. The highest BCUT2D eigenvalue weighted by atomic mass is 79.9. The van der Waals surface area contributed by atoms with Crippen LogP contribution in [0.2, 0.25) is 0 Å². The molecule has 0 aliphatic carbocycles. The Morgan fingerprint density at radius 3 is 1.45 bits per heavy atom. The molecule has 0 aliphatic heterocycles. The molecule has 0 saturated carbocycles. The molecular formula is C40H32Br2F4N4O5. The summed E-state index contributed by atoms with van der Waals surface area (Å²) in [6, 6.07) is 27.3. The van der Waals surface area contributed by atoms with Crippen molar-refractivity contribution in [2.45, 2.75) is 25.9 Å². The minimum Gasteiger partial charge on any atom is -0.477 e. The molecule has 2 unspecified atom stereocenters. The number of carbonyl (C=O) groups is 2. The Labute approximate surface area is 330 Å². The molecule has 0 radical (unpaired) electrons. The number of pyridine rings is 2. The SMILES string of the molecule is CC(N)c1ccc(Br)cc1.CC(NC(=O)c1cc(F)cnc1Oc1ccc(F)cc1)c1ccc(Br)cc1.O=C(O)c1cc(F)cnc1Oc1ccc(F)cc1. The fourth-order valence-corrected chi connectivity index (χ4v) is 4.96. The van der Waals surface area contributed by atoms with Crippen molar-refractivity contribution in [3.05, 3.63) is 176 Å². The van der Waals surface area contributed by atoms with Gasteiger partial charge in [-0.15, -0.1) is 0 Å². The van der Waals surface area contributed by atoms with Crippen LogP contribution in [0.5, 0.6) is 23.3 Å². The van der Waals surface area contributed by atoms with Crippen LogP contribution in [0.15, 0.2) is 131 Å². The fourth-order valence-electron chi connectivity index (χ4n) is 4.44. The molecule has 55 heavy (non-hydrogen) atoms. The Hall–Kier alpha value is -5.64. The van der Waals surface area contributed by atoms with Gasteiger partial charge in [-0.05, 0) is 110 Å². The topological polar surface area (TPSA) is 137 Å². The van der Waals surface area contributed by atoms with Crippen LogP contribution in [-0.2, 0) is 0 Å². The fraction of sp³-hybridized carbons (Fsp3) is 0.100. The number of carboxylic acids is 1. The number of ether oxygens (including phenoxy) is 2. The van der Waals surface area contributed by atoms with Gasteiger partial charge in [0.2, 0.25) is 11.8 Å². The van der Waals surface area contributed by atoms with Gasteiger partial charge in [0.05, 0.1) is 18.4 Å². The van der Waals surface area contributed by atoms with E-state index in [2.05, 4.69) is 47.1 Å². The van der Waals surface area contributed by atoms with E-state index < -0.39 is 40.7 Å². The quantitative estimate of drug-likeness (QED) is 0.122. The standard InChI is InChI=1S/C20H15BrF2N2O2.C12H7F2NO3.C8H10BrN/c1-12(13-2-4-14(21)5-3-13)25-19(26)18-10-16(23)11-24-20(18)27-17-8-6-15(22)7-9-17;13-7-1-3-9(4-2-7)18-11-10(12(16)17)5-8(14)6-15-11;1-6(10)7-2-4-8(9)5-3-7/h2-12H,1H3,(H,25,26);1-6H,(H,16,17);2-6H,10H2,1H3. The summed E-state index contributed by atoms with van der Waals surface area (Å²) in [6.07, 6.45) is 1.79. The summed E-state index contributed by atoms with van der Waals surface area (Å²) in [6.45, 7) is 3.79. The van der Waals surface area contributed by atoms with Crippen molar-refractivity contribution in [1.29, 1.82) is 0 Å². The molecule has 4 aromatic carbocycles. The van der Waals surface area contributed by atoms with Crippen LogP contribution in [0.25, 0.3) is 0 Å². The molecule has 6 aromatic rings. The smallest absolute Gasteiger partial charge is 0.341 e. The molecule has 2 aromatic heterocycles. The number of nitrogens with one attached hydrogen (secondary N) is 1. The number of nitrogens with zero attached hydrogens (tertiary/aromatic N) is 2. The summed E-state index contributed by atoms with van der Waals surface area (Å²) in [4.78, 5) is 30.9. The Morgan fingerprint density at radius 2 is 1.04 bits per heavy atom. The van der Waals surface area contributed by atoms with Gasteiger partial charge in [0.15, 0.2) is 0 Å². The number of aromatic carboxylic acids is 1. The summed E-state index contributed by atoms with van der Waals surface area (Å²) < 4.78 is 64.9. The number of aromatic nitrogens is 2. The van der Waals surface area contributed by atoms with Crippen molar-refractivity contribution in [2.24, 2.45) is 5.73 Å². The summed E-state index contributed by atoms with van der Waals surface area (Å²) in [5, 5.41) is 11.7. The molecule has 15 heteroatoms. The van der Waals surface area contributed by atoms with E-state index in [1.54, 1.807) is 0 Å². The minimum absolute atomic E-state index is 0.0525. The molecule has 2 atom stereocenters. The van der Waals surface area contributed by atoms with Gasteiger partial charge >= 0.3 is 5.97 Å². The van der Waals surface area contributed by atoms with Crippen molar-refractivity contribution in [1.82, 2.24) is 15.3 Å². The summed E-state index contributed by atoms with van der Waals surface area (Å²) in [5.74, 6) is -4.04. The summed E-state index contributed by atoms with van der Waals surface area (Å²) in [5.41, 5.74) is 7.25. The third-order valence-corrected chi connectivity index (χ3v) is 8.34. The van der Waals surface area contributed by atoms with Gasteiger partial charge < -0.3 is 25.6 Å². The second kappa shape index (κ2) is 20.2. The lowest BCUT2D eigenvalue weighted by Gasteiger charge is -2.16. The largest absolute Gasteiger partial charge is 0.477 e. The summed E-state index contributed by atoms with van der Waals surface area (Å²) in [7, 11) is 0. The second-order valence-corrected chi connectivity index (χ2v) is 13.3. The van der Waals surface area contributed by atoms with Crippen LogP contribution in [0.3, 0.4) is 0 Å². The van der Waals surface area contributed by atoms with Crippen LogP contribution >= 0.6 is 31.9 Å². The average molecular weight is 885 g/mol. The molecule has 9 nitrogen and oxygen atoms in total. The number of hydrogen-bond donors (Lipinski definition) is 3. The van der Waals surface area contributed by atoms with Crippen LogP contribution in [0.1, 0.15) is 57.8 Å². The number of amides is 1. The van der Waals surface area contributed by atoms with Gasteiger partial charge in [-0.2, -0.15) is 0 Å². The van der Waals surface area contributed by atoms with Gasteiger partial charge in [-0.1, -0.05) is 56.1 Å². The highest BCUT2D eigenvalue weighted by molar-refractivity contribution is 9.10. The minimum atomic E-state index is -1.36. The molecule has 1 amide bonds. The highest BCUT2D eigenvalue weighted by Gasteiger charge is 2.19. The Bertz CT molecular complexity index is 2200. The van der Waals surface area contributed by atoms with E-state index in [1.165, 1.54) is 42.0 Å². The lowest BCUT2D eigenvalue weighted by molar-refractivity contribution is 0.0692. The van der Waals surface area contributed by atoms with Crippen molar-refractivity contribution < 1.29 is 41.7 Å². The first-order chi connectivity index (χ1) is 26.2. The predicted molar refractivity (Wildman–Crippen MR) is 205 cm³/mol. The van der Waals surface area contributed by atoms with Crippen molar-refractivity contribution in [3.63, 3.8) is 0 Å². The zero-order valence-corrected chi connectivity index (χ0v) is 32.2. The number of benzene rings is 4. The number of nitrogens with two attached hydrogens (primary N) is 1. The van der Waals surface area contributed by atoms with Gasteiger partial charge in [0.1, 0.15) is 45.9 Å². The zero-order valence-electron chi connectivity index (χ0n) is 29.0. The maximum Gasteiger partial charge on any atom is 0.341 e. The van der Waals surface area contributed by atoms with E-state index in [4.69, 9.17) is 20.3 Å². The first kappa shape index (κ1) is 42.1. The predicted octanol–water partition coefficient (Wildman–Crippen LogP) is 10.7. The van der Waals surface area contributed by atoms with Crippen LogP contribution < -0.4 is 20.5 Å². The van der Waals surface area contributed by atoms with Gasteiger partial charge in [0, 0.05) is 15.0 Å². The van der Waals surface area contributed by atoms with Crippen molar-refractivity contribution >= 4 is 43.7 Å². The maximum absolute atomic E-state index is 13.7. The van der Waals surface area contributed by atoms with E-state index in [-0.39, 0.29) is 40.9 Å². The van der Waals surface area contributed by atoms with Crippen molar-refractivity contribution in [2.75, 3.05) is 0 Å². The molecule has 284 valence electrons. The number of halogens is 6. The number of carboxylic acid groups (broad SMARTS) is 1. The second-order valence-electron chi connectivity index (χ2n) is 11.5. The molecule has 0 bridgehead atoms. The van der Waals surface area contributed by atoms with E-state index in [1.807, 2.05) is 62.4 Å². The third kappa shape index (κ3) is 13.3. The first-order valence-corrected chi connectivity index (χ1v) is 17.8. The molecule has 0 aliphatic rings. The first-order valence-electron chi connectivity index (χ1n) is 16.2. The van der Waals surface area contributed by atoms with Gasteiger partial charge in [0.25, 0.3) is 5.91 Å². The number of rotatable bonds is 9. The molecule has 0 saturated heterocycles. The Morgan fingerprint density at radius 1 is 0.636 bits per heavy atom. The van der Waals surface area contributed by atoms with E-state index in [0.29, 0.717) is 0 Å². The maximum atomic E-state index is 13.7. The number of hydrogen-bond acceptors (Lipinski definition) is 7. The van der Waals surface area contributed by atoms with Gasteiger partial charge in [-0.3, -0.25) is 4.79 Å². The average Bonchev–Trinajstić information content (AvgIpc) is 3.15. The number of carbonyl (C=O) groups excluding carboxylic acids is 1. The van der Waals surface area contributed by atoms with Crippen molar-refractivity contribution in [3.8, 4) is 23.3 Å². The summed E-state index contributed by atoms with van der Waals surface area (Å²) >= 11 is 6.71. The van der Waals surface area contributed by atoms with E-state index >= 15 is 0 Å². The lowest BCUT2D eigenvalue weighted by atomic mass is 10.1. The van der Waals surface area contributed by atoms with E-state index in [9.17, 15) is 27.2 Å². The molecular weight excluding hydrogens is 852 g/mol. The van der Waals surface area contributed by atoms with Gasteiger partial charge in [-0.25, -0.2) is 32.3 Å². The van der Waals surface area contributed by atoms with Crippen LogP contribution in [-0.4, -0.2) is 27.0 Å². The molecule has 2 heterocycles. The lowest BCUT2D eigenvalue weighted by Crippen LogP contribution is -2.27. The highest BCUT2D eigenvalue weighted by Crippen LogP contribution is 2.26. The van der Waals surface area contributed by atoms with E-state index in [0.717, 1.165) is 51.2 Å². The van der Waals surface area contributed by atoms with Crippen LogP contribution in [0.4, 0.5) is 17.6 Å². The normalized spacial score (nSPS) is 11.4. The molecule has 6 rings (SSSR count). The Balaban J connectivity index is 0.000000205. The zero-order chi connectivity index (χ0) is 40.1. The molecule has 4 N–H and O–H groups in total. The Kier molecular flexibility index (Phi) is 15.4. The molecule has 0 spiro atoms.